The first-order chi connectivity index (χ1) is 14.5. The lowest BCUT2D eigenvalue weighted by molar-refractivity contribution is -0.133. The summed E-state index contributed by atoms with van der Waals surface area (Å²) in [5.74, 6) is -0.0835. The van der Waals surface area contributed by atoms with Gasteiger partial charge in [-0.25, -0.2) is 4.98 Å². The predicted octanol–water partition coefficient (Wildman–Crippen LogP) is 5.28. The zero-order valence-electron chi connectivity index (χ0n) is 16.9. The fraction of sp³-hybridized carbons (Fsp3) is 0.318. The van der Waals surface area contributed by atoms with Crippen LogP contribution >= 0.6 is 34.4 Å². The highest BCUT2D eigenvalue weighted by atomic mass is 32.2. The number of rotatable bonds is 6. The van der Waals surface area contributed by atoms with E-state index in [2.05, 4.69) is 21.7 Å². The molecule has 0 bridgehead atoms. The third-order valence-corrected chi connectivity index (χ3v) is 8.07. The van der Waals surface area contributed by atoms with E-state index in [9.17, 15) is 9.59 Å². The van der Waals surface area contributed by atoms with Crippen molar-refractivity contribution in [1.29, 1.82) is 0 Å². The van der Waals surface area contributed by atoms with E-state index in [-0.39, 0.29) is 24.7 Å². The summed E-state index contributed by atoms with van der Waals surface area (Å²) in [5.41, 5.74) is 4.05. The van der Waals surface area contributed by atoms with E-state index in [1.165, 1.54) is 10.4 Å². The van der Waals surface area contributed by atoms with Crippen LogP contribution in [0.5, 0.6) is 0 Å². The van der Waals surface area contributed by atoms with Gasteiger partial charge in [-0.05, 0) is 61.0 Å². The molecule has 30 heavy (non-hydrogen) atoms. The molecule has 1 aliphatic rings. The number of aryl methyl sites for hydroxylation is 2. The molecule has 8 heteroatoms. The van der Waals surface area contributed by atoms with Crippen molar-refractivity contribution in [2.45, 2.75) is 48.9 Å². The van der Waals surface area contributed by atoms with Gasteiger partial charge in [-0.1, -0.05) is 11.8 Å². The first-order valence-corrected chi connectivity index (χ1v) is 12.4. The van der Waals surface area contributed by atoms with E-state index in [0.29, 0.717) is 6.54 Å². The van der Waals surface area contributed by atoms with Gasteiger partial charge in [0.1, 0.15) is 0 Å². The van der Waals surface area contributed by atoms with E-state index in [1.807, 2.05) is 42.3 Å². The maximum Gasteiger partial charge on any atom is 0.224 e. The van der Waals surface area contributed by atoms with Crippen molar-refractivity contribution < 1.29 is 9.59 Å². The van der Waals surface area contributed by atoms with E-state index in [0.717, 1.165) is 39.1 Å². The second-order valence-corrected chi connectivity index (χ2v) is 10.5. The fourth-order valence-electron chi connectivity index (χ4n) is 3.37. The summed E-state index contributed by atoms with van der Waals surface area (Å²) in [4.78, 5) is 33.7. The Labute approximate surface area is 188 Å². The van der Waals surface area contributed by atoms with Crippen LogP contribution in [0.25, 0.3) is 0 Å². The van der Waals surface area contributed by atoms with E-state index in [1.54, 1.807) is 34.4 Å². The normalized spacial score (nSPS) is 13.2. The molecule has 1 N–H and O–H groups in total. The monoisotopic (exact) mass is 457 g/mol. The molecule has 4 rings (SSSR count). The van der Waals surface area contributed by atoms with Gasteiger partial charge >= 0.3 is 0 Å². The smallest absolute Gasteiger partial charge is 0.224 e. The Morgan fingerprint density at radius 3 is 2.83 bits per heavy atom. The largest absolute Gasteiger partial charge is 0.338 e. The van der Waals surface area contributed by atoms with Crippen LogP contribution in [0.3, 0.4) is 0 Å². The van der Waals surface area contributed by atoms with Crippen molar-refractivity contribution >= 4 is 51.9 Å². The molecule has 0 saturated carbocycles. The Morgan fingerprint density at radius 1 is 1.20 bits per heavy atom. The van der Waals surface area contributed by atoms with Gasteiger partial charge in [0.2, 0.25) is 11.8 Å². The average Bonchev–Trinajstić information content (AvgIpc) is 3.36. The van der Waals surface area contributed by atoms with Gasteiger partial charge in [0, 0.05) is 52.5 Å². The molecule has 2 amide bonds. The lowest BCUT2D eigenvalue weighted by atomic mass is 10.1. The quantitative estimate of drug-likeness (QED) is 0.547. The molecule has 0 unspecified atom stereocenters. The molecule has 5 nitrogen and oxygen atoms in total. The fourth-order valence-corrected chi connectivity index (χ4v) is 6.17. The molecule has 0 radical (unpaired) electrons. The summed E-state index contributed by atoms with van der Waals surface area (Å²) in [7, 11) is 0. The van der Waals surface area contributed by atoms with Crippen molar-refractivity contribution in [2.24, 2.45) is 0 Å². The number of nitrogens with one attached hydrogen (secondary N) is 1. The summed E-state index contributed by atoms with van der Waals surface area (Å²) in [6.07, 6.45) is 1.34. The standard InChI is InChI=1S/C22H23N3O2S3/c1-14-11-17(30-22-23-15(2)13-29-22)3-4-18(14)24-20(26)5-6-21(27)25-9-7-19-16(12-25)8-10-28-19/h3-4,8,10-11,13H,5-7,9,12H2,1-2H3,(H,24,26). The second-order valence-electron chi connectivity index (χ2n) is 7.32. The van der Waals surface area contributed by atoms with Crippen LogP contribution in [0, 0.1) is 13.8 Å². The highest BCUT2D eigenvalue weighted by molar-refractivity contribution is 8.01. The predicted molar refractivity (Wildman–Crippen MR) is 123 cm³/mol. The van der Waals surface area contributed by atoms with Crippen LogP contribution in [-0.2, 0) is 22.6 Å². The van der Waals surface area contributed by atoms with Crippen LogP contribution in [0.2, 0.25) is 0 Å². The molecule has 2 aromatic heterocycles. The maximum atomic E-state index is 12.5. The maximum absolute atomic E-state index is 12.5. The molecule has 0 atom stereocenters. The van der Waals surface area contributed by atoms with E-state index in [4.69, 9.17) is 0 Å². The van der Waals surface area contributed by atoms with Crippen molar-refractivity contribution in [1.82, 2.24) is 9.88 Å². The van der Waals surface area contributed by atoms with Gasteiger partial charge in [-0.2, -0.15) is 0 Å². The lowest BCUT2D eigenvalue weighted by Crippen LogP contribution is -2.35. The van der Waals surface area contributed by atoms with Gasteiger partial charge < -0.3 is 10.2 Å². The Bertz CT molecular complexity index is 1070. The highest BCUT2D eigenvalue weighted by Crippen LogP contribution is 2.32. The van der Waals surface area contributed by atoms with Crippen LogP contribution < -0.4 is 5.32 Å². The molecule has 156 valence electrons. The number of benzene rings is 1. The Morgan fingerprint density at radius 2 is 2.07 bits per heavy atom. The number of anilines is 1. The molecule has 3 aromatic rings. The minimum atomic E-state index is -0.129. The van der Waals surface area contributed by atoms with Crippen molar-refractivity contribution in [3.63, 3.8) is 0 Å². The van der Waals surface area contributed by atoms with Crippen LogP contribution in [0.4, 0.5) is 5.69 Å². The Hall–Kier alpha value is -2.16. The number of nitrogens with zero attached hydrogens (tertiary/aromatic N) is 2. The number of aromatic nitrogens is 1. The van der Waals surface area contributed by atoms with Gasteiger partial charge in [0.25, 0.3) is 0 Å². The van der Waals surface area contributed by atoms with Crippen LogP contribution in [0.15, 0.2) is 44.3 Å². The number of carbonyl (C=O) groups is 2. The molecule has 1 aliphatic heterocycles. The first kappa shape index (κ1) is 21.1. The van der Waals surface area contributed by atoms with E-state index >= 15 is 0 Å². The van der Waals surface area contributed by atoms with Crippen molar-refractivity contribution in [3.05, 3.63) is 56.7 Å². The topological polar surface area (TPSA) is 62.3 Å². The molecular weight excluding hydrogens is 434 g/mol. The van der Waals surface area contributed by atoms with Crippen LogP contribution in [-0.4, -0.2) is 28.2 Å². The molecule has 1 aromatic carbocycles. The zero-order chi connectivity index (χ0) is 21.1. The number of thiophene rings is 1. The zero-order valence-corrected chi connectivity index (χ0v) is 19.4. The Kier molecular flexibility index (Phi) is 6.55. The molecule has 0 spiro atoms. The number of fused-ring (bicyclic) bond motifs is 1. The molecular formula is C22H23N3O2S3. The number of hydrogen-bond donors (Lipinski definition) is 1. The summed E-state index contributed by atoms with van der Waals surface area (Å²) < 4.78 is 1.01. The lowest BCUT2D eigenvalue weighted by Gasteiger charge is -2.27. The second kappa shape index (κ2) is 9.32. The SMILES string of the molecule is Cc1csc(Sc2ccc(NC(=O)CCC(=O)N3CCc4sccc4C3)c(C)c2)n1. The summed E-state index contributed by atoms with van der Waals surface area (Å²) in [6.45, 7) is 5.37. The third-order valence-electron chi connectivity index (χ3n) is 5.00. The first-order valence-electron chi connectivity index (χ1n) is 9.81. The van der Waals surface area contributed by atoms with Gasteiger partial charge in [-0.15, -0.1) is 22.7 Å². The average molecular weight is 458 g/mol. The molecule has 0 fully saturated rings. The minimum Gasteiger partial charge on any atom is -0.338 e. The minimum absolute atomic E-state index is 0.0456. The number of carbonyl (C=O) groups excluding carboxylic acids is 2. The highest BCUT2D eigenvalue weighted by Gasteiger charge is 2.21. The van der Waals surface area contributed by atoms with Gasteiger partial charge in [0.15, 0.2) is 4.34 Å². The molecule has 3 heterocycles. The summed E-state index contributed by atoms with van der Waals surface area (Å²) in [6, 6.07) is 8.04. The van der Waals surface area contributed by atoms with Crippen molar-refractivity contribution in [3.8, 4) is 0 Å². The van der Waals surface area contributed by atoms with Gasteiger partial charge in [0.05, 0.1) is 0 Å². The van der Waals surface area contributed by atoms with E-state index < -0.39 is 0 Å². The number of thiazole rings is 1. The van der Waals surface area contributed by atoms with Crippen LogP contribution in [0.1, 0.15) is 34.5 Å². The third kappa shape index (κ3) is 5.11. The van der Waals surface area contributed by atoms with Crippen molar-refractivity contribution in [2.75, 3.05) is 11.9 Å². The molecule has 0 saturated heterocycles. The Balaban J connectivity index is 1.28. The number of hydrogen-bond acceptors (Lipinski definition) is 6. The number of amides is 2. The molecule has 0 aliphatic carbocycles. The summed E-state index contributed by atoms with van der Waals surface area (Å²) >= 11 is 5.01. The van der Waals surface area contributed by atoms with Gasteiger partial charge in [-0.3, -0.25) is 9.59 Å². The summed E-state index contributed by atoms with van der Waals surface area (Å²) in [5, 5.41) is 7.06.